The zero-order valence-electron chi connectivity index (χ0n) is 13.1. The highest BCUT2D eigenvalue weighted by Crippen LogP contribution is 2.28. The van der Waals surface area contributed by atoms with E-state index in [4.69, 9.17) is 8.94 Å². The normalized spacial score (nSPS) is 21.7. The van der Waals surface area contributed by atoms with Crippen molar-refractivity contribution >= 4 is 5.91 Å². The minimum absolute atomic E-state index is 0.0763. The van der Waals surface area contributed by atoms with E-state index in [1.807, 2.05) is 12.1 Å². The molecule has 3 rings (SSSR count). The third-order valence-corrected chi connectivity index (χ3v) is 4.53. The molecule has 2 atom stereocenters. The van der Waals surface area contributed by atoms with Crippen LogP contribution in [0.3, 0.4) is 0 Å². The Morgan fingerprint density at radius 3 is 2.86 bits per heavy atom. The van der Waals surface area contributed by atoms with E-state index >= 15 is 0 Å². The fourth-order valence-corrected chi connectivity index (χ4v) is 3.38. The van der Waals surface area contributed by atoms with Crippen LogP contribution in [0.4, 0.5) is 0 Å². The lowest BCUT2D eigenvalue weighted by molar-refractivity contribution is 0.0902. The first kappa shape index (κ1) is 14.9. The van der Waals surface area contributed by atoms with Gasteiger partial charge in [0.2, 0.25) is 0 Å². The number of nitrogens with zero attached hydrogens (tertiary/aromatic N) is 1. The van der Waals surface area contributed by atoms with Crippen molar-refractivity contribution in [2.45, 2.75) is 52.0 Å². The van der Waals surface area contributed by atoms with Crippen LogP contribution in [0.25, 0.3) is 0 Å². The molecule has 0 spiro atoms. The number of furan rings is 1. The molecule has 2 heterocycles. The van der Waals surface area contributed by atoms with Crippen molar-refractivity contribution in [1.29, 1.82) is 0 Å². The van der Waals surface area contributed by atoms with Crippen molar-refractivity contribution in [3.05, 3.63) is 41.2 Å². The maximum Gasteiger partial charge on any atom is 0.257 e. The van der Waals surface area contributed by atoms with Gasteiger partial charge in [-0.2, -0.15) is 0 Å². The molecule has 0 aliphatic heterocycles. The Hall–Kier alpha value is -2.04. The van der Waals surface area contributed by atoms with E-state index in [1.54, 1.807) is 20.1 Å². The molecule has 2 aromatic heterocycles. The molecule has 22 heavy (non-hydrogen) atoms. The van der Waals surface area contributed by atoms with Crippen LogP contribution in [0, 0.1) is 19.8 Å². The minimum atomic E-state index is -0.0763. The van der Waals surface area contributed by atoms with Crippen LogP contribution < -0.4 is 5.32 Å². The van der Waals surface area contributed by atoms with Crippen molar-refractivity contribution in [3.8, 4) is 0 Å². The van der Waals surface area contributed by atoms with E-state index < -0.39 is 0 Å². The molecular weight excluding hydrogens is 280 g/mol. The summed E-state index contributed by atoms with van der Waals surface area (Å²) < 4.78 is 10.6. The number of hydrogen-bond donors (Lipinski definition) is 1. The Morgan fingerprint density at radius 1 is 1.36 bits per heavy atom. The fraction of sp³-hybridized carbons (Fsp3) is 0.529. The molecule has 0 saturated heterocycles. The molecule has 0 bridgehead atoms. The zero-order chi connectivity index (χ0) is 15.5. The number of aromatic nitrogens is 1. The Bertz CT molecular complexity index is 611. The van der Waals surface area contributed by atoms with Crippen molar-refractivity contribution < 1.29 is 13.7 Å². The molecule has 118 valence electrons. The second kappa shape index (κ2) is 6.38. The second-order valence-corrected chi connectivity index (χ2v) is 6.11. The number of rotatable bonds is 4. The Balaban J connectivity index is 1.70. The molecule has 0 aromatic carbocycles. The number of aryl methyl sites for hydroxylation is 2. The summed E-state index contributed by atoms with van der Waals surface area (Å²) in [7, 11) is 0. The van der Waals surface area contributed by atoms with Crippen LogP contribution in [0.5, 0.6) is 0 Å². The van der Waals surface area contributed by atoms with Gasteiger partial charge in [0.15, 0.2) is 0 Å². The van der Waals surface area contributed by atoms with Gasteiger partial charge in [-0.15, -0.1) is 0 Å². The van der Waals surface area contributed by atoms with Gasteiger partial charge in [0.05, 0.1) is 12.0 Å². The van der Waals surface area contributed by atoms with Gasteiger partial charge in [-0.05, 0) is 44.7 Å². The molecule has 1 aliphatic rings. The standard InChI is InChI=1S/C17H22N2O3/c1-11-16(12(2)22-19-11)17(20)18-15-8-4-3-6-13(15)10-14-7-5-9-21-14/h5,7,9,13,15H,3-4,6,8,10H2,1-2H3,(H,18,20)/t13-,15+/m0/s1. The van der Waals surface area contributed by atoms with Gasteiger partial charge >= 0.3 is 0 Å². The average molecular weight is 302 g/mol. The first-order chi connectivity index (χ1) is 10.6. The highest BCUT2D eigenvalue weighted by atomic mass is 16.5. The number of carbonyl (C=O) groups is 1. The topological polar surface area (TPSA) is 68.3 Å². The third-order valence-electron chi connectivity index (χ3n) is 4.53. The van der Waals surface area contributed by atoms with Crippen molar-refractivity contribution in [1.82, 2.24) is 10.5 Å². The maximum absolute atomic E-state index is 12.5. The first-order valence-electron chi connectivity index (χ1n) is 7.91. The molecule has 5 heteroatoms. The molecule has 1 fully saturated rings. The molecule has 1 aliphatic carbocycles. The number of carbonyl (C=O) groups excluding carboxylic acids is 1. The summed E-state index contributed by atoms with van der Waals surface area (Å²) in [5.41, 5.74) is 1.22. The number of hydrogen-bond acceptors (Lipinski definition) is 4. The monoisotopic (exact) mass is 302 g/mol. The van der Waals surface area contributed by atoms with E-state index in [-0.39, 0.29) is 11.9 Å². The molecule has 1 saturated carbocycles. The summed E-state index contributed by atoms with van der Waals surface area (Å²) in [5, 5.41) is 7.04. The Morgan fingerprint density at radius 2 is 2.18 bits per heavy atom. The minimum Gasteiger partial charge on any atom is -0.469 e. The smallest absolute Gasteiger partial charge is 0.257 e. The molecular formula is C17H22N2O3. The fourth-order valence-electron chi connectivity index (χ4n) is 3.38. The van der Waals surface area contributed by atoms with Crippen molar-refractivity contribution in [2.75, 3.05) is 0 Å². The van der Waals surface area contributed by atoms with Gasteiger partial charge in [0, 0.05) is 12.5 Å². The van der Waals surface area contributed by atoms with Gasteiger partial charge in [0.1, 0.15) is 17.1 Å². The second-order valence-electron chi connectivity index (χ2n) is 6.11. The van der Waals surface area contributed by atoms with E-state index in [2.05, 4.69) is 10.5 Å². The third kappa shape index (κ3) is 3.08. The summed E-state index contributed by atoms with van der Waals surface area (Å²) in [6.45, 7) is 3.57. The van der Waals surface area contributed by atoms with Crippen molar-refractivity contribution in [2.24, 2.45) is 5.92 Å². The highest BCUT2D eigenvalue weighted by molar-refractivity contribution is 5.96. The summed E-state index contributed by atoms with van der Waals surface area (Å²) in [6, 6.07) is 4.09. The molecule has 0 radical (unpaired) electrons. The Kier molecular flexibility index (Phi) is 4.32. The summed E-state index contributed by atoms with van der Waals surface area (Å²) >= 11 is 0. The zero-order valence-corrected chi connectivity index (χ0v) is 13.1. The molecule has 1 N–H and O–H groups in total. The van der Waals surface area contributed by atoms with Crippen LogP contribution in [-0.2, 0) is 6.42 Å². The van der Waals surface area contributed by atoms with Gasteiger partial charge in [0.25, 0.3) is 5.91 Å². The quantitative estimate of drug-likeness (QED) is 0.939. The maximum atomic E-state index is 12.5. The molecule has 2 aromatic rings. The van der Waals surface area contributed by atoms with Crippen LogP contribution in [0.15, 0.2) is 27.3 Å². The van der Waals surface area contributed by atoms with E-state index in [0.29, 0.717) is 22.9 Å². The summed E-state index contributed by atoms with van der Waals surface area (Å²) in [5.74, 6) is 1.91. The van der Waals surface area contributed by atoms with Gasteiger partial charge < -0.3 is 14.3 Å². The van der Waals surface area contributed by atoms with E-state index in [0.717, 1.165) is 31.4 Å². The average Bonchev–Trinajstić information content (AvgIpc) is 3.11. The molecule has 5 nitrogen and oxygen atoms in total. The van der Waals surface area contributed by atoms with Gasteiger partial charge in [-0.1, -0.05) is 18.0 Å². The first-order valence-corrected chi connectivity index (χ1v) is 7.91. The summed E-state index contributed by atoms with van der Waals surface area (Å²) in [6.07, 6.45) is 7.08. The predicted molar refractivity (Wildman–Crippen MR) is 81.6 cm³/mol. The summed E-state index contributed by atoms with van der Waals surface area (Å²) in [4.78, 5) is 12.5. The van der Waals surface area contributed by atoms with Crippen molar-refractivity contribution in [3.63, 3.8) is 0 Å². The predicted octanol–water partition coefficient (Wildman–Crippen LogP) is 3.42. The molecule has 0 unspecified atom stereocenters. The highest BCUT2D eigenvalue weighted by Gasteiger charge is 2.29. The lowest BCUT2D eigenvalue weighted by Gasteiger charge is -2.31. The SMILES string of the molecule is Cc1noc(C)c1C(=O)N[C@@H]1CCCC[C@H]1Cc1ccco1. The Labute approximate surface area is 130 Å². The van der Waals surface area contributed by atoms with Crippen LogP contribution in [-0.4, -0.2) is 17.1 Å². The van der Waals surface area contributed by atoms with E-state index in [9.17, 15) is 4.79 Å². The molecule has 1 amide bonds. The van der Waals surface area contributed by atoms with Crippen LogP contribution >= 0.6 is 0 Å². The number of amides is 1. The lowest BCUT2D eigenvalue weighted by atomic mass is 9.81. The van der Waals surface area contributed by atoms with E-state index in [1.165, 1.54) is 6.42 Å². The van der Waals surface area contributed by atoms with Crippen LogP contribution in [0.1, 0.15) is 53.3 Å². The van der Waals surface area contributed by atoms with Gasteiger partial charge in [-0.25, -0.2) is 0 Å². The van der Waals surface area contributed by atoms with Crippen LogP contribution in [0.2, 0.25) is 0 Å². The number of nitrogens with one attached hydrogen (secondary N) is 1. The van der Waals surface area contributed by atoms with Gasteiger partial charge in [-0.3, -0.25) is 4.79 Å². The largest absolute Gasteiger partial charge is 0.469 e. The lowest BCUT2D eigenvalue weighted by Crippen LogP contribution is -2.43.